The van der Waals surface area contributed by atoms with Gasteiger partial charge in [0.2, 0.25) is 0 Å². The minimum atomic E-state index is -0.800. The largest absolute Gasteiger partial charge is 0.465 e. The number of amides is 1. The number of nitrogens with zero attached hydrogens (tertiary/aromatic N) is 3. The van der Waals surface area contributed by atoms with Gasteiger partial charge in [-0.05, 0) is 37.0 Å². The van der Waals surface area contributed by atoms with Gasteiger partial charge in [0.15, 0.2) is 0 Å². The standard InChI is InChI=1S/C14H17N3O2/c18-14(19)16-7-3-11(4-8-16)10-17-9-5-12-2-1-6-15-13(12)17/h1-2,5-6,9,11H,3-4,7-8,10H2,(H,18,19). The van der Waals surface area contributed by atoms with Gasteiger partial charge in [-0.25, -0.2) is 9.78 Å². The molecule has 1 aliphatic heterocycles. The predicted molar refractivity (Wildman–Crippen MR) is 72.1 cm³/mol. The van der Waals surface area contributed by atoms with Crippen LogP contribution < -0.4 is 0 Å². The lowest BCUT2D eigenvalue weighted by atomic mass is 9.97. The van der Waals surface area contributed by atoms with Crippen molar-refractivity contribution in [2.24, 2.45) is 5.92 Å². The summed E-state index contributed by atoms with van der Waals surface area (Å²) in [4.78, 5) is 16.8. The molecule has 0 radical (unpaired) electrons. The van der Waals surface area contributed by atoms with Crippen LogP contribution in [0.15, 0.2) is 30.6 Å². The highest BCUT2D eigenvalue weighted by Crippen LogP contribution is 2.21. The Balaban J connectivity index is 1.68. The van der Waals surface area contributed by atoms with E-state index in [1.807, 2.05) is 12.3 Å². The van der Waals surface area contributed by atoms with Crippen LogP contribution >= 0.6 is 0 Å². The van der Waals surface area contributed by atoms with Crippen LogP contribution in [0.5, 0.6) is 0 Å². The zero-order valence-corrected chi connectivity index (χ0v) is 10.7. The first-order valence-corrected chi connectivity index (χ1v) is 6.62. The number of piperidine rings is 1. The molecule has 1 fully saturated rings. The Bertz CT molecular complexity index is 585. The normalized spacial score (nSPS) is 16.9. The van der Waals surface area contributed by atoms with Gasteiger partial charge in [-0.3, -0.25) is 0 Å². The summed E-state index contributed by atoms with van der Waals surface area (Å²) in [6.45, 7) is 2.22. The van der Waals surface area contributed by atoms with Gasteiger partial charge in [0.1, 0.15) is 5.65 Å². The van der Waals surface area contributed by atoms with E-state index in [1.54, 1.807) is 0 Å². The SMILES string of the molecule is O=C(O)N1CCC(Cn2ccc3cccnc32)CC1. The minimum absolute atomic E-state index is 0.535. The predicted octanol–water partition coefficient (Wildman–Crippen LogP) is 2.43. The molecule has 19 heavy (non-hydrogen) atoms. The molecule has 1 aliphatic rings. The second-order valence-corrected chi connectivity index (χ2v) is 5.10. The zero-order valence-electron chi connectivity index (χ0n) is 10.7. The summed E-state index contributed by atoms with van der Waals surface area (Å²) in [5, 5.41) is 10.1. The molecule has 0 atom stereocenters. The Morgan fingerprint density at radius 1 is 1.37 bits per heavy atom. The smallest absolute Gasteiger partial charge is 0.407 e. The topological polar surface area (TPSA) is 58.4 Å². The highest BCUT2D eigenvalue weighted by Gasteiger charge is 2.22. The zero-order chi connectivity index (χ0) is 13.2. The molecule has 5 heteroatoms. The number of carbonyl (C=O) groups is 1. The first kappa shape index (κ1) is 12.0. The van der Waals surface area contributed by atoms with Crippen molar-refractivity contribution in [2.75, 3.05) is 13.1 Å². The van der Waals surface area contributed by atoms with Gasteiger partial charge in [-0.15, -0.1) is 0 Å². The number of carboxylic acid groups (broad SMARTS) is 1. The number of hydrogen-bond donors (Lipinski definition) is 1. The number of aromatic nitrogens is 2. The van der Waals surface area contributed by atoms with E-state index in [1.165, 1.54) is 4.90 Å². The monoisotopic (exact) mass is 259 g/mol. The van der Waals surface area contributed by atoms with Crippen molar-refractivity contribution in [1.82, 2.24) is 14.5 Å². The lowest BCUT2D eigenvalue weighted by molar-refractivity contribution is 0.122. The van der Waals surface area contributed by atoms with Crippen molar-refractivity contribution in [3.05, 3.63) is 30.6 Å². The molecule has 100 valence electrons. The highest BCUT2D eigenvalue weighted by atomic mass is 16.4. The summed E-state index contributed by atoms with van der Waals surface area (Å²) in [5.74, 6) is 0.535. The Morgan fingerprint density at radius 2 is 2.16 bits per heavy atom. The number of hydrogen-bond acceptors (Lipinski definition) is 2. The van der Waals surface area contributed by atoms with Crippen molar-refractivity contribution < 1.29 is 9.90 Å². The summed E-state index contributed by atoms with van der Waals surface area (Å²) in [5.41, 5.74) is 1.02. The number of fused-ring (bicyclic) bond motifs is 1. The van der Waals surface area contributed by atoms with E-state index in [0.717, 1.165) is 30.4 Å². The fraction of sp³-hybridized carbons (Fsp3) is 0.429. The molecule has 0 unspecified atom stereocenters. The molecular formula is C14H17N3O2. The summed E-state index contributed by atoms with van der Waals surface area (Å²) in [6.07, 6.45) is 4.94. The molecule has 0 spiro atoms. The second-order valence-electron chi connectivity index (χ2n) is 5.10. The van der Waals surface area contributed by atoms with E-state index in [4.69, 9.17) is 5.11 Å². The molecule has 2 aromatic heterocycles. The van der Waals surface area contributed by atoms with Crippen LogP contribution in [0.3, 0.4) is 0 Å². The Kier molecular flexibility index (Phi) is 3.11. The van der Waals surface area contributed by atoms with E-state index in [2.05, 4.69) is 27.9 Å². The first-order valence-electron chi connectivity index (χ1n) is 6.62. The fourth-order valence-electron chi connectivity index (χ4n) is 2.75. The molecule has 3 heterocycles. The van der Waals surface area contributed by atoms with Gasteiger partial charge in [-0.2, -0.15) is 0 Å². The van der Waals surface area contributed by atoms with E-state index < -0.39 is 6.09 Å². The van der Waals surface area contributed by atoms with Crippen molar-refractivity contribution in [3.8, 4) is 0 Å². The average molecular weight is 259 g/mol. The molecule has 3 rings (SSSR count). The van der Waals surface area contributed by atoms with Gasteiger partial charge < -0.3 is 14.6 Å². The second kappa shape index (κ2) is 4.91. The lowest BCUT2D eigenvalue weighted by Crippen LogP contribution is -2.38. The van der Waals surface area contributed by atoms with Crippen LogP contribution in [-0.4, -0.2) is 38.7 Å². The maximum absolute atomic E-state index is 10.9. The van der Waals surface area contributed by atoms with Gasteiger partial charge >= 0.3 is 6.09 Å². The van der Waals surface area contributed by atoms with Gasteiger partial charge in [0.05, 0.1) is 0 Å². The van der Waals surface area contributed by atoms with E-state index >= 15 is 0 Å². The molecule has 1 N–H and O–H groups in total. The summed E-state index contributed by atoms with van der Waals surface area (Å²) in [6, 6.07) is 6.08. The lowest BCUT2D eigenvalue weighted by Gasteiger charge is -2.30. The van der Waals surface area contributed by atoms with E-state index in [9.17, 15) is 4.79 Å². The molecule has 0 aliphatic carbocycles. The highest BCUT2D eigenvalue weighted by molar-refractivity contribution is 5.75. The maximum atomic E-state index is 10.9. The van der Waals surface area contributed by atoms with Crippen molar-refractivity contribution in [3.63, 3.8) is 0 Å². The molecule has 0 bridgehead atoms. The van der Waals surface area contributed by atoms with Gasteiger partial charge in [-0.1, -0.05) is 0 Å². The maximum Gasteiger partial charge on any atom is 0.407 e. The third-order valence-corrected chi connectivity index (χ3v) is 3.86. The van der Waals surface area contributed by atoms with Crippen molar-refractivity contribution >= 4 is 17.1 Å². The number of pyridine rings is 1. The minimum Gasteiger partial charge on any atom is -0.465 e. The molecule has 1 saturated heterocycles. The van der Waals surface area contributed by atoms with Crippen molar-refractivity contribution in [2.45, 2.75) is 19.4 Å². The van der Waals surface area contributed by atoms with Gasteiger partial charge in [0, 0.05) is 37.4 Å². The molecule has 2 aromatic rings. The fourth-order valence-corrected chi connectivity index (χ4v) is 2.75. The molecule has 0 saturated carbocycles. The molecule has 0 aromatic carbocycles. The average Bonchev–Trinajstić information content (AvgIpc) is 2.83. The quantitative estimate of drug-likeness (QED) is 0.901. The molecule has 5 nitrogen and oxygen atoms in total. The van der Waals surface area contributed by atoms with Crippen LogP contribution in [0, 0.1) is 5.92 Å². The van der Waals surface area contributed by atoms with Crippen LogP contribution in [0.4, 0.5) is 4.79 Å². The van der Waals surface area contributed by atoms with E-state index in [-0.39, 0.29) is 0 Å². The third kappa shape index (κ3) is 2.41. The Labute approximate surface area is 111 Å². The summed E-state index contributed by atoms with van der Waals surface area (Å²) in [7, 11) is 0. The van der Waals surface area contributed by atoms with Crippen LogP contribution in [0.2, 0.25) is 0 Å². The number of rotatable bonds is 2. The molecular weight excluding hydrogens is 242 g/mol. The first-order chi connectivity index (χ1) is 9.24. The van der Waals surface area contributed by atoms with Gasteiger partial charge in [0.25, 0.3) is 0 Å². The molecule has 1 amide bonds. The van der Waals surface area contributed by atoms with Crippen LogP contribution in [0.1, 0.15) is 12.8 Å². The van der Waals surface area contributed by atoms with Crippen LogP contribution in [0.25, 0.3) is 11.0 Å². The third-order valence-electron chi connectivity index (χ3n) is 3.86. The Hall–Kier alpha value is -2.04. The van der Waals surface area contributed by atoms with Crippen molar-refractivity contribution in [1.29, 1.82) is 0 Å². The van der Waals surface area contributed by atoms with Crippen LogP contribution in [-0.2, 0) is 6.54 Å². The Morgan fingerprint density at radius 3 is 2.89 bits per heavy atom. The summed E-state index contributed by atoms with van der Waals surface area (Å²) < 4.78 is 2.18. The number of likely N-dealkylation sites (tertiary alicyclic amines) is 1. The van der Waals surface area contributed by atoms with E-state index in [0.29, 0.717) is 19.0 Å². The summed E-state index contributed by atoms with van der Waals surface area (Å²) >= 11 is 0.